The van der Waals surface area contributed by atoms with Crippen LogP contribution in [0.25, 0.3) is 0 Å². The van der Waals surface area contributed by atoms with E-state index < -0.39 is 0 Å². The molecule has 0 aromatic carbocycles. The number of aromatic nitrogens is 1. The molecule has 0 spiro atoms. The maximum Gasteiger partial charge on any atom is 0.131 e. The van der Waals surface area contributed by atoms with Crippen LogP contribution < -0.4 is 10.6 Å². The molecule has 1 rings (SSSR count). The van der Waals surface area contributed by atoms with E-state index in [1.54, 1.807) is 6.20 Å². The molecule has 98 valence electrons. The minimum absolute atomic E-state index is 0.0696. The van der Waals surface area contributed by atoms with Crippen LogP contribution in [0.4, 0.5) is 5.82 Å². The number of unbranched alkanes of at least 4 members (excludes halogenated alkanes) is 1. The lowest BCUT2D eigenvalue weighted by atomic mass is 10.2. The minimum Gasteiger partial charge on any atom is -0.327 e. The van der Waals surface area contributed by atoms with Crippen LogP contribution >= 0.6 is 0 Å². The predicted octanol–water partition coefficient (Wildman–Crippen LogP) is 2.28. The first-order valence-electron chi connectivity index (χ1n) is 6.26. The van der Waals surface area contributed by atoms with Gasteiger partial charge in [0.25, 0.3) is 0 Å². The molecular weight excluding hydrogens is 226 g/mol. The Kier molecular flexibility index (Phi) is 6.64. The Labute approximate surface area is 108 Å². The molecule has 0 aliphatic carbocycles. The number of nitrogens with zero attached hydrogens (tertiary/aromatic N) is 2. The quantitative estimate of drug-likeness (QED) is 0.393. The van der Waals surface area contributed by atoms with E-state index in [4.69, 9.17) is 5.41 Å². The molecule has 1 atom stereocenters. The highest BCUT2D eigenvalue weighted by molar-refractivity contribution is 6.01. The summed E-state index contributed by atoms with van der Waals surface area (Å²) < 4.78 is 0. The number of hydrogen-bond donors (Lipinski definition) is 3. The Morgan fingerprint density at radius 1 is 1.56 bits per heavy atom. The molecule has 0 saturated carbocycles. The van der Waals surface area contributed by atoms with Gasteiger partial charge in [-0.05, 0) is 32.0 Å². The molecule has 0 fully saturated rings. The van der Waals surface area contributed by atoms with Gasteiger partial charge in [0.15, 0.2) is 0 Å². The van der Waals surface area contributed by atoms with Crippen molar-refractivity contribution in [2.45, 2.75) is 32.7 Å². The van der Waals surface area contributed by atoms with Crippen LogP contribution in [-0.4, -0.2) is 29.7 Å². The lowest BCUT2D eigenvalue weighted by Gasteiger charge is -2.17. The van der Waals surface area contributed by atoms with E-state index in [9.17, 15) is 0 Å². The normalized spacial score (nSPS) is 13.1. The smallest absolute Gasteiger partial charge is 0.131 e. The van der Waals surface area contributed by atoms with Crippen molar-refractivity contribution in [3.05, 3.63) is 24.4 Å². The molecule has 5 nitrogen and oxygen atoms in total. The Hall–Kier alpha value is -1.75. The van der Waals surface area contributed by atoms with Crippen LogP contribution in [0.1, 0.15) is 26.7 Å². The molecule has 1 unspecified atom stereocenters. The SMILES string of the molecule is CCCCNC(C)/C(=N/C=N)Nc1ccccn1. The van der Waals surface area contributed by atoms with Gasteiger partial charge in [-0.3, -0.25) is 5.41 Å². The molecule has 1 heterocycles. The number of hydrogen-bond acceptors (Lipinski definition) is 3. The number of rotatable bonds is 7. The summed E-state index contributed by atoms with van der Waals surface area (Å²) in [6.07, 6.45) is 5.05. The van der Waals surface area contributed by atoms with E-state index >= 15 is 0 Å². The third kappa shape index (κ3) is 5.05. The monoisotopic (exact) mass is 247 g/mol. The summed E-state index contributed by atoms with van der Waals surface area (Å²) in [7, 11) is 0. The lowest BCUT2D eigenvalue weighted by molar-refractivity contribution is 0.618. The van der Waals surface area contributed by atoms with Gasteiger partial charge in [-0.15, -0.1) is 0 Å². The summed E-state index contributed by atoms with van der Waals surface area (Å²) >= 11 is 0. The fourth-order valence-electron chi connectivity index (χ4n) is 1.48. The van der Waals surface area contributed by atoms with E-state index in [0.717, 1.165) is 31.5 Å². The van der Waals surface area contributed by atoms with Gasteiger partial charge >= 0.3 is 0 Å². The van der Waals surface area contributed by atoms with Crippen LogP contribution in [0, 0.1) is 5.41 Å². The molecule has 3 N–H and O–H groups in total. The highest BCUT2D eigenvalue weighted by atomic mass is 15.1. The lowest BCUT2D eigenvalue weighted by Crippen LogP contribution is -2.39. The highest BCUT2D eigenvalue weighted by Gasteiger charge is 2.09. The number of nitrogens with one attached hydrogen (secondary N) is 3. The molecule has 1 aromatic heterocycles. The summed E-state index contributed by atoms with van der Waals surface area (Å²) in [5, 5.41) is 13.6. The van der Waals surface area contributed by atoms with Crippen molar-refractivity contribution >= 4 is 18.0 Å². The van der Waals surface area contributed by atoms with Crippen LogP contribution in [0.5, 0.6) is 0 Å². The van der Waals surface area contributed by atoms with Crippen LogP contribution in [0.3, 0.4) is 0 Å². The first-order chi connectivity index (χ1) is 8.77. The molecule has 1 aromatic rings. The minimum atomic E-state index is 0.0696. The average molecular weight is 247 g/mol. The zero-order valence-electron chi connectivity index (χ0n) is 11.0. The van der Waals surface area contributed by atoms with Crippen molar-refractivity contribution in [1.82, 2.24) is 10.3 Å². The molecule has 0 aliphatic heterocycles. The molecule has 0 saturated heterocycles. The van der Waals surface area contributed by atoms with Gasteiger partial charge in [-0.1, -0.05) is 19.4 Å². The summed E-state index contributed by atoms with van der Waals surface area (Å²) in [5.74, 6) is 1.45. The second kappa shape index (κ2) is 8.36. The van der Waals surface area contributed by atoms with E-state index in [1.165, 1.54) is 0 Å². The van der Waals surface area contributed by atoms with Crippen molar-refractivity contribution in [2.75, 3.05) is 11.9 Å². The third-order valence-corrected chi connectivity index (χ3v) is 2.52. The zero-order chi connectivity index (χ0) is 13.2. The molecular formula is C13H21N5. The zero-order valence-corrected chi connectivity index (χ0v) is 11.0. The standard InChI is InChI=1S/C13H21N5/c1-3-4-8-15-11(2)13(17-10-14)18-12-7-5-6-9-16-12/h5-7,9-11,15H,3-4,8H2,1-2H3,(H2,14,16,17,18). The molecule has 18 heavy (non-hydrogen) atoms. The largest absolute Gasteiger partial charge is 0.327 e. The number of aliphatic imine (C=N–C) groups is 1. The predicted molar refractivity (Wildman–Crippen MR) is 76.5 cm³/mol. The molecule has 0 amide bonds. The molecule has 0 aliphatic rings. The fraction of sp³-hybridized carbons (Fsp3) is 0.462. The fourth-order valence-corrected chi connectivity index (χ4v) is 1.48. The molecule has 5 heteroatoms. The maximum atomic E-state index is 7.10. The third-order valence-electron chi connectivity index (χ3n) is 2.52. The van der Waals surface area contributed by atoms with Crippen molar-refractivity contribution in [2.24, 2.45) is 4.99 Å². The Morgan fingerprint density at radius 3 is 3.00 bits per heavy atom. The van der Waals surface area contributed by atoms with Crippen molar-refractivity contribution < 1.29 is 0 Å². The number of amidine groups is 1. The van der Waals surface area contributed by atoms with Crippen molar-refractivity contribution in [3.63, 3.8) is 0 Å². The number of anilines is 1. The summed E-state index contributed by atoms with van der Waals surface area (Å²) in [5.41, 5.74) is 0. The van der Waals surface area contributed by atoms with Crippen LogP contribution in [-0.2, 0) is 0 Å². The Balaban J connectivity index is 2.60. The van der Waals surface area contributed by atoms with Gasteiger partial charge in [0.2, 0.25) is 0 Å². The van der Waals surface area contributed by atoms with Gasteiger partial charge in [0.05, 0.1) is 6.04 Å². The highest BCUT2D eigenvalue weighted by Crippen LogP contribution is 2.02. The average Bonchev–Trinajstić information content (AvgIpc) is 2.39. The summed E-state index contributed by atoms with van der Waals surface area (Å²) in [6.45, 7) is 5.12. The Bertz CT molecular complexity index is 374. The van der Waals surface area contributed by atoms with E-state index in [2.05, 4.69) is 27.5 Å². The van der Waals surface area contributed by atoms with E-state index in [0.29, 0.717) is 5.84 Å². The van der Waals surface area contributed by atoms with Crippen molar-refractivity contribution in [1.29, 1.82) is 5.41 Å². The van der Waals surface area contributed by atoms with Gasteiger partial charge in [0, 0.05) is 6.20 Å². The van der Waals surface area contributed by atoms with E-state index in [1.807, 2.05) is 25.1 Å². The van der Waals surface area contributed by atoms with E-state index in [-0.39, 0.29) is 6.04 Å². The van der Waals surface area contributed by atoms with Gasteiger partial charge in [-0.25, -0.2) is 9.98 Å². The van der Waals surface area contributed by atoms with Gasteiger partial charge < -0.3 is 10.6 Å². The van der Waals surface area contributed by atoms with Crippen molar-refractivity contribution in [3.8, 4) is 0 Å². The Morgan fingerprint density at radius 2 is 2.39 bits per heavy atom. The second-order valence-electron chi connectivity index (χ2n) is 4.01. The topological polar surface area (TPSA) is 73.2 Å². The van der Waals surface area contributed by atoms with Crippen LogP contribution in [0.2, 0.25) is 0 Å². The first kappa shape index (κ1) is 14.3. The summed E-state index contributed by atoms with van der Waals surface area (Å²) in [6, 6.07) is 5.71. The van der Waals surface area contributed by atoms with Crippen LogP contribution in [0.15, 0.2) is 29.4 Å². The molecule has 0 radical (unpaired) electrons. The van der Waals surface area contributed by atoms with Gasteiger partial charge in [0.1, 0.15) is 18.0 Å². The first-order valence-corrected chi connectivity index (χ1v) is 6.26. The maximum absolute atomic E-state index is 7.10. The second-order valence-corrected chi connectivity index (χ2v) is 4.01. The molecule has 0 bridgehead atoms. The summed E-state index contributed by atoms with van der Waals surface area (Å²) in [4.78, 5) is 8.23. The van der Waals surface area contributed by atoms with Gasteiger partial charge in [-0.2, -0.15) is 0 Å². The number of pyridine rings is 1.